The van der Waals surface area contributed by atoms with Crippen molar-refractivity contribution in [1.82, 2.24) is 5.32 Å². The van der Waals surface area contributed by atoms with Gasteiger partial charge in [0, 0.05) is 19.7 Å². The summed E-state index contributed by atoms with van der Waals surface area (Å²) in [5, 5.41) is 3.59. The summed E-state index contributed by atoms with van der Waals surface area (Å²) in [4.78, 5) is 0. The third-order valence-electron chi connectivity index (χ3n) is 2.82. The van der Waals surface area contributed by atoms with Gasteiger partial charge in [-0.05, 0) is 19.8 Å². The van der Waals surface area contributed by atoms with Gasteiger partial charge < -0.3 is 15.8 Å². The molecule has 0 saturated heterocycles. The second-order valence-corrected chi connectivity index (χ2v) is 4.32. The van der Waals surface area contributed by atoms with Crippen LogP contribution < -0.4 is 11.1 Å². The summed E-state index contributed by atoms with van der Waals surface area (Å²) in [6, 6.07) is 0.656. The minimum Gasteiger partial charge on any atom is -0.383 e. The van der Waals surface area contributed by atoms with Crippen molar-refractivity contribution in [3.8, 4) is 0 Å². The number of ether oxygens (including phenoxy) is 1. The van der Waals surface area contributed by atoms with Gasteiger partial charge in [-0.15, -0.1) is 0 Å². The average Bonchev–Trinajstić information content (AvgIpc) is 2.57. The van der Waals surface area contributed by atoms with Gasteiger partial charge in [-0.25, -0.2) is 0 Å². The Balaban J connectivity index is 2.36. The van der Waals surface area contributed by atoms with Crippen molar-refractivity contribution in [3.05, 3.63) is 0 Å². The summed E-state index contributed by atoms with van der Waals surface area (Å²) >= 11 is 0. The first-order chi connectivity index (χ1) is 6.20. The zero-order valence-electron chi connectivity index (χ0n) is 8.81. The molecule has 0 heterocycles. The van der Waals surface area contributed by atoms with Gasteiger partial charge in [-0.1, -0.05) is 12.8 Å². The predicted molar refractivity (Wildman–Crippen MR) is 54.7 cm³/mol. The zero-order valence-corrected chi connectivity index (χ0v) is 8.81. The van der Waals surface area contributed by atoms with Gasteiger partial charge in [0.25, 0.3) is 0 Å². The number of nitrogens with two attached hydrogens (primary N) is 1. The van der Waals surface area contributed by atoms with E-state index in [1.54, 1.807) is 7.11 Å². The Labute approximate surface area is 81.0 Å². The van der Waals surface area contributed by atoms with Crippen molar-refractivity contribution in [2.45, 2.75) is 44.2 Å². The molecule has 78 valence electrons. The van der Waals surface area contributed by atoms with Gasteiger partial charge in [-0.3, -0.25) is 0 Å². The molecule has 1 saturated carbocycles. The highest BCUT2D eigenvalue weighted by Gasteiger charge is 2.27. The molecule has 0 radical (unpaired) electrons. The molecule has 3 heteroatoms. The molecule has 3 N–H and O–H groups in total. The van der Waals surface area contributed by atoms with Crippen molar-refractivity contribution in [3.63, 3.8) is 0 Å². The van der Waals surface area contributed by atoms with Crippen LogP contribution in [-0.2, 0) is 4.74 Å². The molecule has 0 amide bonds. The molecule has 0 aromatic carbocycles. The second-order valence-electron chi connectivity index (χ2n) is 4.32. The topological polar surface area (TPSA) is 47.3 Å². The first-order valence-electron chi connectivity index (χ1n) is 5.17. The third kappa shape index (κ3) is 3.25. The van der Waals surface area contributed by atoms with E-state index in [0.29, 0.717) is 19.2 Å². The minimum absolute atomic E-state index is 0.0379. The Morgan fingerprint density at radius 1 is 1.46 bits per heavy atom. The van der Waals surface area contributed by atoms with E-state index >= 15 is 0 Å². The third-order valence-corrected chi connectivity index (χ3v) is 2.82. The van der Waals surface area contributed by atoms with Crippen LogP contribution >= 0.6 is 0 Å². The Kier molecular flexibility index (Phi) is 4.16. The molecular weight excluding hydrogens is 164 g/mol. The first kappa shape index (κ1) is 11.0. The van der Waals surface area contributed by atoms with Gasteiger partial charge in [-0.2, -0.15) is 0 Å². The molecule has 1 aliphatic rings. The van der Waals surface area contributed by atoms with Crippen LogP contribution in [0.25, 0.3) is 0 Å². The Morgan fingerprint density at radius 3 is 2.54 bits per heavy atom. The van der Waals surface area contributed by atoms with Crippen LogP contribution in [0.15, 0.2) is 0 Å². The van der Waals surface area contributed by atoms with Crippen molar-refractivity contribution in [2.24, 2.45) is 5.73 Å². The predicted octanol–water partition coefficient (Wildman–Crippen LogP) is 0.882. The molecule has 1 atom stereocenters. The molecule has 0 aromatic heterocycles. The van der Waals surface area contributed by atoms with E-state index in [1.165, 1.54) is 25.7 Å². The zero-order chi connectivity index (χ0) is 9.73. The first-order valence-corrected chi connectivity index (χ1v) is 5.17. The minimum atomic E-state index is -0.0379. The molecule has 1 rings (SSSR count). The number of rotatable bonds is 5. The van der Waals surface area contributed by atoms with Gasteiger partial charge in [0.2, 0.25) is 0 Å². The second kappa shape index (κ2) is 4.94. The summed E-state index contributed by atoms with van der Waals surface area (Å²) in [5.41, 5.74) is 5.69. The Hall–Kier alpha value is -0.120. The standard InChI is InChI=1S/C10H22N2O/c1-10(7-11,8-13-2)12-9-5-3-4-6-9/h9,12H,3-8,11H2,1-2H3. The van der Waals surface area contributed by atoms with Gasteiger partial charge in [0.1, 0.15) is 0 Å². The van der Waals surface area contributed by atoms with Crippen molar-refractivity contribution in [2.75, 3.05) is 20.3 Å². The molecule has 0 bridgehead atoms. The molecule has 0 spiro atoms. The van der Waals surface area contributed by atoms with Crippen LogP contribution in [0.5, 0.6) is 0 Å². The van der Waals surface area contributed by atoms with E-state index in [0.717, 1.165) is 0 Å². The maximum atomic E-state index is 5.73. The van der Waals surface area contributed by atoms with Crippen LogP contribution in [-0.4, -0.2) is 31.8 Å². The lowest BCUT2D eigenvalue weighted by Gasteiger charge is -2.32. The molecule has 0 aromatic rings. The summed E-state index contributed by atoms with van der Waals surface area (Å²) < 4.78 is 5.17. The van der Waals surface area contributed by atoms with Crippen LogP contribution in [0, 0.1) is 0 Å². The number of methoxy groups -OCH3 is 1. The Bertz CT molecular complexity index is 146. The summed E-state index contributed by atoms with van der Waals surface area (Å²) in [7, 11) is 1.73. The SMILES string of the molecule is COCC(C)(CN)NC1CCCC1. The molecule has 13 heavy (non-hydrogen) atoms. The lowest BCUT2D eigenvalue weighted by Crippen LogP contribution is -2.55. The highest BCUT2D eigenvalue weighted by atomic mass is 16.5. The van der Waals surface area contributed by atoms with Crippen molar-refractivity contribution < 1.29 is 4.74 Å². The lowest BCUT2D eigenvalue weighted by molar-refractivity contribution is 0.115. The molecule has 1 unspecified atom stereocenters. The fraction of sp³-hybridized carbons (Fsp3) is 1.00. The van der Waals surface area contributed by atoms with Crippen LogP contribution in [0.4, 0.5) is 0 Å². The fourth-order valence-corrected chi connectivity index (χ4v) is 2.04. The Morgan fingerprint density at radius 2 is 2.08 bits per heavy atom. The van der Waals surface area contributed by atoms with Crippen LogP contribution in [0.2, 0.25) is 0 Å². The van der Waals surface area contributed by atoms with E-state index in [-0.39, 0.29) is 5.54 Å². The van der Waals surface area contributed by atoms with Gasteiger partial charge in [0.05, 0.1) is 12.1 Å². The summed E-state index contributed by atoms with van der Waals surface area (Å²) in [5.74, 6) is 0. The number of hydrogen-bond donors (Lipinski definition) is 2. The average molecular weight is 186 g/mol. The highest BCUT2D eigenvalue weighted by Crippen LogP contribution is 2.20. The maximum absolute atomic E-state index is 5.73. The number of nitrogens with one attached hydrogen (secondary N) is 1. The van der Waals surface area contributed by atoms with E-state index in [9.17, 15) is 0 Å². The molecular formula is C10H22N2O. The normalized spacial score (nSPS) is 23.3. The lowest BCUT2D eigenvalue weighted by atomic mass is 10.0. The van der Waals surface area contributed by atoms with Crippen LogP contribution in [0.3, 0.4) is 0 Å². The maximum Gasteiger partial charge on any atom is 0.0654 e. The van der Waals surface area contributed by atoms with Crippen molar-refractivity contribution >= 4 is 0 Å². The van der Waals surface area contributed by atoms with Gasteiger partial charge >= 0.3 is 0 Å². The molecule has 3 nitrogen and oxygen atoms in total. The van der Waals surface area contributed by atoms with Crippen LogP contribution in [0.1, 0.15) is 32.6 Å². The van der Waals surface area contributed by atoms with E-state index in [4.69, 9.17) is 10.5 Å². The molecule has 1 fully saturated rings. The molecule has 1 aliphatic carbocycles. The van der Waals surface area contributed by atoms with Gasteiger partial charge in [0.15, 0.2) is 0 Å². The largest absolute Gasteiger partial charge is 0.383 e. The van der Waals surface area contributed by atoms with E-state index in [1.807, 2.05) is 0 Å². The highest BCUT2D eigenvalue weighted by molar-refractivity contribution is 4.89. The fourth-order valence-electron chi connectivity index (χ4n) is 2.04. The van der Waals surface area contributed by atoms with E-state index in [2.05, 4.69) is 12.2 Å². The summed E-state index contributed by atoms with van der Waals surface area (Å²) in [6.07, 6.45) is 5.29. The smallest absolute Gasteiger partial charge is 0.0654 e. The van der Waals surface area contributed by atoms with E-state index < -0.39 is 0 Å². The quantitative estimate of drug-likeness (QED) is 0.670. The monoisotopic (exact) mass is 186 g/mol. The number of hydrogen-bond acceptors (Lipinski definition) is 3. The van der Waals surface area contributed by atoms with Crippen molar-refractivity contribution in [1.29, 1.82) is 0 Å². The molecule has 0 aliphatic heterocycles. The summed E-state index contributed by atoms with van der Waals surface area (Å²) in [6.45, 7) is 3.46.